The molecule has 7 heteroatoms. The molecule has 3 nitrogen and oxygen atoms in total. The van der Waals surface area contributed by atoms with Crippen LogP contribution in [0.5, 0.6) is 0 Å². The lowest BCUT2D eigenvalue weighted by Gasteiger charge is -2.04. The first-order valence-electron chi connectivity index (χ1n) is 4.48. The molecule has 0 amide bonds. The van der Waals surface area contributed by atoms with Gasteiger partial charge in [0.2, 0.25) is 0 Å². The average molecular weight is 261 g/mol. The number of H-pyrrole nitrogens is 1. The fourth-order valence-electron chi connectivity index (χ4n) is 1.46. The molecule has 2 rings (SSSR count). The number of carbonyl (C=O) groups is 1. The molecule has 1 heterocycles. The number of aromatic nitrogens is 1. The van der Waals surface area contributed by atoms with Gasteiger partial charge in [-0.25, -0.2) is 4.21 Å². The highest BCUT2D eigenvalue weighted by Crippen LogP contribution is 2.31. The Labute approximate surface area is 96.1 Å². The van der Waals surface area contributed by atoms with Crippen molar-refractivity contribution in [2.75, 3.05) is 0 Å². The van der Waals surface area contributed by atoms with Crippen molar-refractivity contribution in [2.45, 2.75) is 10.4 Å². The second-order valence-electron chi connectivity index (χ2n) is 3.29. The zero-order valence-electron chi connectivity index (χ0n) is 8.25. The van der Waals surface area contributed by atoms with E-state index in [9.17, 15) is 22.2 Å². The first kappa shape index (κ1) is 11.8. The number of nitrogens with one attached hydrogen (secondary N) is 1. The molecule has 2 aromatic rings. The van der Waals surface area contributed by atoms with Crippen LogP contribution in [-0.2, 0) is 10.8 Å². The smallest absolute Gasteiger partial charge is 0.360 e. The van der Waals surface area contributed by atoms with Crippen LogP contribution >= 0.6 is 0 Å². The number of fused-ring (bicyclic) bond motifs is 1. The zero-order valence-corrected chi connectivity index (χ0v) is 9.06. The molecule has 1 atom stereocenters. The van der Waals surface area contributed by atoms with Crippen molar-refractivity contribution >= 4 is 28.0 Å². The predicted molar refractivity (Wildman–Crippen MR) is 56.1 cm³/mol. The molecule has 90 valence electrons. The summed E-state index contributed by atoms with van der Waals surface area (Å²) in [6, 6.07) is 4.21. The normalized spacial score (nSPS) is 13.8. The minimum Gasteiger partial charge on any atom is -0.360 e. The van der Waals surface area contributed by atoms with E-state index >= 15 is 0 Å². The highest BCUT2D eigenvalue weighted by atomic mass is 32.2. The maximum absolute atomic E-state index is 12.3. The van der Waals surface area contributed by atoms with Crippen molar-refractivity contribution in [3.63, 3.8) is 0 Å². The number of hydrogen-bond acceptors (Lipinski definition) is 2. The van der Waals surface area contributed by atoms with Crippen LogP contribution in [0.2, 0.25) is 0 Å². The van der Waals surface area contributed by atoms with Crippen molar-refractivity contribution < 1.29 is 22.2 Å². The first-order valence-corrected chi connectivity index (χ1v) is 5.63. The van der Waals surface area contributed by atoms with Crippen LogP contribution in [-0.4, -0.2) is 21.0 Å². The maximum Gasteiger partial charge on any atom is 0.475 e. The molecule has 0 spiro atoms. The highest BCUT2D eigenvalue weighted by Gasteiger charge is 2.39. The van der Waals surface area contributed by atoms with Crippen LogP contribution in [0, 0.1) is 0 Å². The van der Waals surface area contributed by atoms with E-state index in [0.29, 0.717) is 11.8 Å². The number of hydrogen-bond donors (Lipinski definition) is 1. The van der Waals surface area contributed by atoms with Gasteiger partial charge in [0.25, 0.3) is 0 Å². The number of rotatable bonds is 2. The number of alkyl halides is 3. The molecular weight excluding hydrogens is 255 g/mol. The van der Waals surface area contributed by atoms with Gasteiger partial charge in [0, 0.05) is 22.7 Å². The Morgan fingerprint density at radius 1 is 1.29 bits per heavy atom. The molecule has 0 radical (unpaired) electrons. The van der Waals surface area contributed by atoms with Crippen LogP contribution in [0.15, 0.2) is 29.3 Å². The summed E-state index contributed by atoms with van der Waals surface area (Å²) in [5.74, 6) is 0. The van der Waals surface area contributed by atoms with E-state index < -0.39 is 16.3 Å². The van der Waals surface area contributed by atoms with Gasteiger partial charge in [-0.15, -0.1) is 0 Å². The van der Waals surface area contributed by atoms with E-state index in [0.717, 1.165) is 6.20 Å². The second-order valence-corrected chi connectivity index (χ2v) is 4.73. The number of benzene rings is 1. The molecular formula is C10H6F3NO2S. The van der Waals surface area contributed by atoms with Crippen molar-refractivity contribution in [3.05, 3.63) is 30.0 Å². The van der Waals surface area contributed by atoms with E-state index in [1.54, 1.807) is 0 Å². The Hall–Kier alpha value is -1.63. The lowest BCUT2D eigenvalue weighted by atomic mass is 10.2. The number of aldehydes is 1. The van der Waals surface area contributed by atoms with Gasteiger partial charge in [-0.3, -0.25) is 4.79 Å². The largest absolute Gasteiger partial charge is 0.475 e. The summed E-state index contributed by atoms with van der Waals surface area (Å²) in [5.41, 5.74) is -4.17. The van der Waals surface area contributed by atoms with E-state index in [4.69, 9.17) is 0 Å². The van der Waals surface area contributed by atoms with Crippen molar-refractivity contribution in [2.24, 2.45) is 0 Å². The van der Waals surface area contributed by atoms with E-state index in [2.05, 4.69) is 4.98 Å². The van der Waals surface area contributed by atoms with Crippen LogP contribution in [0.25, 0.3) is 10.9 Å². The van der Waals surface area contributed by atoms with E-state index in [1.165, 1.54) is 18.2 Å². The number of carbonyl (C=O) groups excluding carboxylic acids is 1. The summed E-state index contributed by atoms with van der Waals surface area (Å²) in [5, 5.41) is 0.144. The quantitative estimate of drug-likeness (QED) is 0.845. The minimum atomic E-state index is -4.81. The summed E-state index contributed by atoms with van der Waals surface area (Å²) < 4.78 is 48.2. The molecule has 1 aromatic carbocycles. The topological polar surface area (TPSA) is 49.9 Å². The van der Waals surface area contributed by atoms with Crippen molar-refractivity contribution in [1.82, 2.24) is 4.98 Å². The SMILES string of the molecule is O=Cc1ccc2[nH]cc(S(=O)C(F)(F)F)c2c1. The van der Waals surface area contributed by atoms with E-state index in [1.807, 2.05) is 0 Å². The highest BCUT2D eigenvalue weighted by molar-refractivity contribution is 7.86. The van der Waals surface area contributed by atoms with Crippen LogP contribution < -0.4 is 0 Å². The first-order chi connectivity index (χ1) is 7.93. The van der Waals surface area contributed by atoms with Gasteiger partial charge in [0.15, 0.2) is 10.8 Å². The van der Waals surface area contributed by atoms with Gasteiger partial charge < -0.3 is 4.98 Å². The molecule has 0 aliphatic carbocycles. The third kappa shape index (κ3) is 2.10. The van der Waals surface area contributed by atoms with Gasteiger partial charge in [0.1, 0.15) is 6.29 Å². The molecule has 1 unspecified atom stereocenters. The standard InChI is InChI=1S/C10H6F3NO2S/c11-10(12,13)17(16)9-4-14-8-2-1-6(5-15)3-7(8)9/h1-5,14H. The Morgan fingerprint density at radius 3 is 2.59 bits per heavy atom. The molecule has 0 saturated heterocycles. The number of halogens is 3. The van der Waals surface area contributed by atoms with Gasteiger partial charge in [0.05, 0.1) is 4.90 Å². The molecule has 1 aromatic heterocycles. The van der Waals surface area contributed by atoms with Gasteiger partial charge in [-0.1, -0.05) is 0 Å². The Balaban J connectivity index is 2.63. The zero-order chi connectivity index (χ0) is 12.6. The minimum absolute atomic E-state index is 0.144. The molecule has 0 fully saturated rings. The number of aromatic amines is 1. The summed E-state index contributed by atoms with van der Waals surface area (Å²) >= 11 is 0. The fourth-order valence-corrected chi connectivity index (χ4v) is 2.25. The monoisotopic (exact) mass is 261 g/mol. The Morgan fingerprint density at radius 2 is 2.00 bits per heavy atom. The second kappa shape index (κ2) is 3.99. The fraction of sp³-hybridized carbons (Fsp3) is 0.100. The van der Waals surface area contributed by atoms with Gasteiger partial charge >= 0.3 is 5.51 Å². The van der Waals surface area contributed by atoms with Crippen molar-refractivity contribution in [1.29, 1.82) is 0 Å². The third-order valence-electron chi connectivity index (χ3n) is 2.21. The van der Waals surface area contributed by atoms with E-state index in [-0.39, 0.29) is 15.8 Å². The maximum atomic E-state index is 12.3. The molecule has 17 heavy (non-hydrogen) atoms. The molecule has 0 saturated carbocycles. The lowest BCUT2D eigenvalue weighted by molar-refractivity contribution is -0.0384. The summed E-state index contributed by atoms with van der Waals surface area (Å²) in [6.45, 7) is 0. The lowest BCUT2D eigenvalue weighted by Crippen LogP contribution is -2.15. The average Bonchev–Trinajstić information content (AvgIpc) is 2.69. The summed E-state index contributed by atoms with van der Waals surface area (Å²) in [6.07, 6.45) is 1.57. The Kier molecular flexibility index (Phi) is 2.78. The van der Waals surface area contributed by atoms with Crippen LogP contribution in [0.1, 0.15) is 10.4 Å². The predicted octanol–water partition coefficient (Wildman–Crippen LogP) is 2.61. The molecule has 0 aliphatic heterocycles. The summed E-state index contributed by atoms with van der Waals surface area (Å²) in [7, 11) is -3.10. The van der Waals surface area contributed by atoms with Crippen molar-refractivity contribution in [3.8, 4) is 0 Å². The Bertz CT molecular complexity index is 603. The molecule has 1 N–H and O–H groups in total. The van der Waals surface area contributed by atoms with Crippen LogP contribution in [0.3, 0.4) is 0 Å². The van der Waals surface area contributed by atoms with Gasteiger partial charge in [-0.2, -0.15) is 13.2 Å². The third-order valence-corrected chi connectivity index (χ3v) is 3.37. The molecule has 0 bridgehead atoms. The summed E-state index contributed by atoms with van der Waals surface area (Å²) in [4.78, 5) is 12.8. The van der Waals surface area contributed by atoms with Gasteiger partial charge in [-0.05, 0) is 18.2 Å². The van der Waals surface area contributed by atoms with Crippen LogP contribution in [0.4, 0.5) is 13.2 Å². The molecule has 0 aliphatic rings.